The Morgan fingerprint density at radius 1 is 1.44 bits per heavy atom. The van der Waals surface area contributed by atoms with Crippen molar-refractivity contribution in [1.82, 2.24) is 5.32 Å². The molecule has 0 aliphatic carbocycles. The number of carboxylic acid groups (broad SMARTS) is 1. The lowest BCUT2D eigenvalue weighted by molar-refractivity contribution is -0.139. The summed E-state index contributed by atoms with van der Waals surface area (Å²) in [5.41, 5.74) is -0.691. The highest BCUT2D eigenvalue weighted by molar-refractivity contribution is 5.80. The number of carbonyl (C=O) groups is 2. The van der Waals surface area contributed by atoms with Gasteiger partial charge >= 0.3 is 12.1 Å². The number of amides is 1. The Morgan fingerprint density at radius 3 is 2.38 bits per heavy atom. The van der Waals surface area contributed by atoms with Gasteiger partial charge in [0.25, 0.3) is 0 Å². The van der Waals surface area contributed by atoms with Crippen LogP contribution < -0.4 is 5.32 Å². The lowest BCUT2D eigenvalue weighted by atomic mass is 10.1. The molecule has 0 aromatic rings. The first-order chi connectivity index (χ1) is 7.26. The summed E-state index contributed by atoms with van der Waals surface area (Å²) >= 11 is 0. The van der Waals surface area contributed by atoms with E-state index in [2.05, 4.69) is 5.32 Å². The summed E-state index contributed by atoms with van der Waals surface area (Å²) < 4.78 is 4.89. The monoisotopic (exact) mass is 230 g/mol. The van der Waals surface area contributed by atoms with Crippen molar-refractivity contribution in [2.45, 2.75) is 45.3 Å². The molecule has 6 nitrogen and oxygen atoms in total. The molecule has 0 aromatic heterocycles. The van der Waals surface area contributed by atoms with Crippen LogP contribution in [-0.4, -0.2) is 35.1 Å². The largest absolute Gasteiger partial charge is 0.480 e. The maximum absolute atomic E-state index is 11.2. The minimum atomic E-state index is -1.21. The van der Waals surface area contributed by atoms with E-state index in [1.54, 1.807) is 27.1 Å². The van der Waals surface area contributed by atoms with Crippen molar-refractivity contribution < 1.29 is 24.2 Å². The molecule has 91 valence electrons. The van der Waals surface area contributed by atoms with Gasteiger partial charge in [-0.15, -0.1) is 0 Å². The first-order valence-electron chi connectivity index (χ1n) is 4.83. The summed E-state index contributed by atoms with van der Waals surface area (Å²) in [6.45, 7) is 5.00. The van der Waals surface area contributed by atoms with Crippen LogP contribution in [0.4, 0.5) is 4.79 Å². The second-order valence-electron chi connectivity index (χ2n) is 4.22. The molecule has 16 heavy (non-hydrogen) atoms. The van der Waals surface area contributed by atoms with Crippen molar-refractivity contribution in [2.75, 3.05) is 0 Å². The number of carbonyl (C=O) groups excluding carboxylic acids is 2. The first-order valence-corrected chi connectivity index (χ1v) is 4.83. The summed E-state index contributed by atoms with van der Waals surface area (Å²) in [5, 5.41) is 10.9. The van der Waals surface area contributed by atoms with E-state index < -0.39 is 23.7 Å². The van der Waals surface area contributed by atoms with E-state index in [-0.39, 0.29) is 12.8 Å². The molecular formula is C10H16NO5. The SMILES string of the molecule is CC(C)(C)OC(=O)NC(CC[C]=O)C(=O)O. The van der Waals surface area contributed by atoms with Crippen LogP contribution in [0.3, 0.4) is 0 Å². The average Bonchev–Trinajstić information content (AvgIpc) is 2.08. The van der Waals surface area contributed by atoms with E-state index in [9.17, 15) is 14.4 Å². The molecular weight excluding hydrogens is 214 g/mol. The van der Waals surface area contributed by atoms with Gasteiger partial charge in [0.15, 0.2) is 6.29 Å². The zero-order valence-electron chi connectivity index (χ0n) is 9.57. The highest BCUT2D eigenvalue weighted by Gasteiger charge is 2.23. The molecule has 0 fully saturated rings. The van der Waals surface area contributed by atoms with E-state index in [1.807, 2.05) is 0 Å². The van der Waals surface area contributed by atoms with E-state index in [1.165, 1.54) is 0 Å². The normalized spacial score (nSPS) is 12.7. The smallest absolute Gasteiger partial charge is 0.408 e. The first kappa shape index (κ1) is 14.4. The van der Waals surface area contributed by atoms with Crippen LogP contribution in [0.25, 0.3) is 0 Å². The fraction of sp³-hybridized carbons (Fsp3) is 0.700. The fourth-order valence-electron chi connectivity index (χ4n) is 0.910. The highest BCUT2D eigenvalue weighted by atomic mass is 16.6. The van der Waals surface area contributed by atoms with Crippen molar-refractivity contribution >= 4 is 18.3 Å². The van der Waals surface area contributed by atoms with Gasteiger partial charge in [-0.1, -0.05) is 0 Å². The maximum Gasteiger partial charge on any atom is 0.408 e. The third-order valence-corrected chi connectivity index (χ3v) is 1.52. The molecule has 0 heterocycles. The van der Waals surface area contributed by atoms with Crippen molar-refractivity contribution in [3.63, 3.8) is 0 Å². The molecule has 6 heteroatoms. The Balaban J connectivity index is 4.23. The van der Waals surface area contributed by atoms with Gasteiger partial charge in [0.1, 0.15) is 11.6 Å². The Kier molecular flexibility index (Phi) is 5.49. The molecule has 0 saturated carbocycles. The standard InChI is InChI=1S/C10H16NO5/c1-10(2,3)16-9(15)11-7(8(13)14)5-4-6-12/h7H,4-5H2,1-3H3,(H,11,15)(H,13,14). The number of rotatable bonds is 5. The summed E-state index contributed by atoms with van der Waals surface area (Å²) in [5.74, 6) is -1.21. The predicted molar refractivity (Wildman–Crippen MR) is 55.7 cm³/mol. The molecule has 2 N–H and O–H groups in total. The Morgan fingerprint density at radius 2 is 2.00 bits per heavy atom. The van der Waals surface area contributed by atoms with Gasteiger partial charge in [0.2, 0.25) is 0 Å². The molecule has 0 aromatic carbocycles. The van der Waals surface area contributed by atoms with E-state index in [0.717, 1.165) is 0 Å². The molecule has 0 bridgehead atoms. The molecule has 0 spiro atoms. The Hall–Kier alpha value is -1.59. The molecule has 1 unspecified atom stereocenters. The average molecular weight is 230 g/mol. The van der Waals surface area contributed by atoms with Gasteiger partial charge in [0.05, 0.1) is 0 Å². The zero-order chi connectivity index (χ0) is 12.8. The summed E-state index contributed by atoms with van der Waals surface area (Å²) in [6.07, 6.45) is 0.704. The number of hydrogen-bond donors (Lipinski definition) is 2. The van der Waals surface area contributed by atoms with Crippen LogP contribution in [0.5, 0.6) is 0 Å². The minimum absolute atomic E-state index is 0.00191. The zero-order valence-corrected chi connectivity index (χ0v) is 9.57. The highest BCUT2D eigenvalue weighted by Crippen LogP contribution is 2.07. The fourth-order valence-corrected chi connectivity index (χ4v) is 0.910. The lowest BCUT2D eigenvalue weighted by Crippen LogP contribution is -2.43. The van der Waals surface area contributed by atoms with Crippen LogP contribution in [-0.2, 0) is 14.3 Å². The quantitative estimate of drug-likeness (QED) is 0.730. The lowest BCUT2D eigenvalue weighted by Gasteiger charge is -2.21. The third kappa shape index (κ3) is 6.80. The molecule has 0 aliphatic rings. The summed E-state index contributed by atoms with van der Waals surface area (Å²) in [4.78, 5) is 31.9. The number of nitrogens with one attached hydrogen (secondary N) is 1. The predicted octanol–water partition coefficient (Wildman–Crippen LogP) is 0.854. The van der Waals surface area contributed by atoms with Gasteiger partial charge in [-0.3, -0.25) is 4.79 Å². The minimum Gasteiger partial charge on any atom is -0.480 e. The molecule has 1 radical (unpaired) electrons. The van der Waals surface area contributed by atoms with E-state index in [0.29, 0.717) is 0 Å². The van der Waals surface area contributed by atoms with Crippen LogP contribution in [0, 0.1) is 0 Å². The van der Waals surface area contributed by atoms with Crippen molar-refractivity contribution in [3.05, 3.63) is 0 Å². The number of carboxylic acids is 1. The van der Waals surface area contributed by atoms with Crippen LogP contribution in [0.1, 0.15) is 33.6 Å². The van der Waals surface area contributed by atoms with Crippen LogP contribution in [0.2, 0.25) is 0 Å². The topological polar surface area (TPSA) is 92.7 Å². The van der Waals surface area contributed by atoms with Crippen LogP contribution in [0.15, 0.2) is 0 Å². The maximum atomic E-state index is 11.2. The van der Waals surface area contributed by atoms with Gasteiger partial charge in [-0.05, 0) is 27.2 Å². The van der Waals surface area contributed by atoms with Gasteiger partial charge in [0, 0.05) is 6.42 Å². The van der Waals surface area contributed by atoms with Gasteiger partial charge < -0.3 is 15.2 Å². The third-order valence-electron chi connectivity index (χ3n) is 1.52. The van der Waals surface area contributed by atoms with Gasteiger partial charge in [-0.25, -0.2) is 9.59 Å². The number of aliphatic carboxylic acids is 1. The molecule has 0 saturated heterocycles. The van der Waals surface area contributed by atoms with E-state index >= 15 is 0 Å². The van der Waals surface area contributed by atoms with E-state index in [4.69, 9.17) is 9.84 Å². The number of hydrogen-bond acceptors (Lipinski definition) is 4. The Bertz CT molecular complexity index is 269. The van der Waals surface area contributed by atoms with Gasteiger partial charge in [-0.2, -0.15) is 0 Å². The Labute approximate surface area is 94.0 Å². The molecule has 1 atom stereocenters. The number of ether oxygens (including phenoxy) is 1. The molecule has 1 amide bonds. The molecule has 0 rings (SSSR count). The van der Waals surface area contributed by atoms with Crippen molar-refractivity contribution in [2.24, 2.45) is 0 Å². The number of alkyl carbamates (subject to hydrolysis) is 1. The van der Waals surface area contributed by atoms with Crippen molar-refractivity contribution in [3.8, 4) is 0 Å². The second kappa shape index (κ2) is 6.09. The molecule has 0 aliphatic heterocycles. The van der Waals surface area contributed by atoms with Crippen LogP contribution >= 0.6 is 0 Å². The summed E-state index contributed by atoms with van der Waals surface area (Å²) in [7, 11) is 0. The van der Waals surface area contributed by atoms with Crippen molar-refractivity contribution in [1.29, 1.82) is 0 Å². The summed E-state index contributed by atoms with van der Waals surface area (Å²) in [6, 6.07) is -1.13. The second-order valence-corrected chi connectivity index (χ2v) is 4.22.